The summed E-state index contributed by atoms with van der Waals surface area (Å²) < 4.78 is 11.9. The van der Waals surface area contributed by atoms with Gasteiger partial charge < -0.3 is 29.9 Å². The lowest BCUT2D eigenvalue weighted by Gasteiger charge is -2.41. The van der Waals surface area contributed by atoms with Gasteiger partial charge in [-0.2, -0.15) is 0 Å². The van der Waals surface area contributed by atoms with Crippen LogP contribution < -0.4 is 0 Å². The molecule has 1 aliphatic rings. The minimum Gasteiger partial charge on any atom is -0.387 e. The Balaban J connectivity index is 1.78. The normalized spacial score (nSPS) is 26.5. The van der Waals surface area contributed by atoms with Crippen molar-refractivity contribution in [1.82, 2.24) is 0 Å². The minimum absolute atomic E-state index is 0.138. The second kappa shape index (κ2) is 9.28. The Morgan fingerprint density at radius 1 is 0.613 bits per heavy atom. The van der Waals surface area contributed by atoms with E-state index in [0.717, 1.165) is 16.7 Å². The summed E-state index contributed by atoms with van der Waals surface area (Å²) in [6, 6.07) is 29.1. The van der Waals surface area contributed by atoms with E-state index in [2.05, 4.69) is 0 Å². The van der Waals surface area contributed by atoms with Crippen molar-refractivity contribution >= 4 is 0 Å². The largest absolute Gasteiger partial charge is 0.387 e. The maximum atomic E-state index is 10.4. The Hall–Kier alpha value is -2.58. The Kier molecular flexibility index (Phi) is 6.48. The molecule has 2 unspecified atom stereocenters. The zero-order valence-electron chi connectivity index (χ0n) is 16.9. The van der Waals surface area contributed by atoms with Crippen molar-refractivity contribution in [2.75, 3.05) is 6.61 Å². The van der Waals surface area contributed by atoms with Crippen LogP contribution >= 0.6 is 0 Å². The fourth-order valence-corrected chi connectivity index (χ4v) is 4.04. The standard InChI is InChI=1S/C25H26O6/c26-21-20(31-24(29)23(28)22(21)27)16-30-25(17-10-4-1-5-11-17,18-12-6-2-7-13-18)19-14-8-3-9-15-19/h1-15,20-24,26-29H,16H2/t20?,21-,22?,23-,24-/m0/s1. The summed E-state index contributed by atoms with van der Waals surface area (Å²) in [6.45, 7) is -0.138. The quantitative estimate of drug-likeness (QED) is 0.452. The lowest BCUT2D eigenvalue weighted by Crippen LogP contribution is -2.59. The summed E-state index contributed by atoms with van der Waals surface area (Å²) in [5.41, 5.74) is 1.59. The van der Waals surface area contributed by atoms with Gasteiger partial charge in [-0.15, -0.1) is 0 Å². The van der Waals surface area contributed by atoms with Gasteiger partial charge in [-0.25, -0.2) is 0 Å². The number of aliphatic hydroxyl groups is 4. The van der Waals surface area contributed by atoms with Crippen LogP contribution in [0.5, 0.6) is 0 Å². The number of rotatable bonds is 6. The van der Waals surface area contributed by atoms with Crippen LogP contribution in [0.4, 0.5) is 0 Å². The van der Waals surface area contributed by atoms with Crippen molar-refractivity contribution in [3.8, 4) is 0 Å². The summed E-state index contributed by atoms with van der Waals surface area (Å²) >= 11 is 0. The molecule has 0 amide bonds. The van der Waals surface area contributed by atoms with Crippen LogP contribution in [-0.4, -0.2) is 57.7 Å². The number of hydrogen-bond acceptors (Lipinski definition) is 6. The van der Waals surface area contributed by atoms with Gasteiger partial charge in [0, 0.05) is 0 Å². The average Bonchev–Trinajstić information content (AvgIpc) is 2.83. The molecule has 0 spiro atoms. The van der Waals surface area contributed by atoms with Crippen molar-refractivity contribution < 1.29 is 29.9 Å². The van der Waals surface area contributed by atoms with Crippen molar-refractivity contribution in [1.29, 1.82) is 0 Å². The number of benzene rings is 3. The topological polar surface area (TPSA) is 99.4 Å². The second-order valence-electron chi connectivity index (χ2n) is 7.63. The van der Waals surface area contributed by atoms with Crippen molar-refractivity contribution in [2.45, 2.75) is 36.3 Å². The molecule has 4 N–H and O–H groups in total. The third-order valence-corrected chi connectivity index (χ3v) is 5.69. The summed E-state index contributed by atoms with van der Waals surface area (Å²) in [6.07, 6.45) is -7.21. The highest BCUT2D eigenvalue weighted by Gasteiger charge is 2.45. The van der Waals surface area contributed by atoms with E-state index in [-0.39, 0.29) is 6.61 Å². The molecule has 1 saturated heterocycles. The van der Waals surface area contributed by atoms with Gasteiger partial charge in [0.1, 0.15) is 30.0 Å². The van der Waals surface area contributed by atoms with Gasteiger partial charge >= 0.3 is 0 Å². The first-order chi connectivity index (χ1) is 15.0. The molecule has 6 nitrogen and oxygen atoms in total. The monoisotopic (exact) mass is 422 g/mol. The van der Waals surface area contributed by atoms with Crippen LogP contribution in [0.3, 0.4) is 0 Å². The van der Waals surface area contributed by atoms with Gasteiger partial charge in [0.05, 0.1) is 6.61 Å². The van der Waals surface area contributed by atoms with E-state index in [9.17, 15) is 20.4 Å². The number of ether oxygens (including phenoxy) is 2. The van der Waals surface area contributed by atoms with E-state index in [1.165, 1.54) is 0 Å². The van der Waals surface area contributed by atoms with Crippen LogP contribution in [0.25, 0.3) is 0 Å². The second-order valence-corrected chi connectivity index (χ2v) is 7.63. The Morgan fingerprint density at radius 3 is 1.45 bits per heavy atom. The van der Waals surface area contributed by atoms with E-state index in [1.807, 2.05) is 91.0 Å². The first-order valence-electron chi connectivity index (χ1n) is 10.2. The third-order valence-electron chi connectivity index (χ3n) is 5.69. The summed E-state index contributed by atoms with van der Waals surface area (Å²) in [7, 11) is 0. The SMILES string of the molecule is OC1[C@@H](O)C(COC(c2ccccc2)(c2ccccc2)c2ccccc2)O[C@H](O)[C@H]1O. The fraction of sp³-hybridized carbons (Fsp3) is 0.280. The molecule has 0 bridgehead atoms. The molecule has 6 heteroatoms. The zero-order chi connectivity index (χ0) is 21.8. The first-order valence-corrected chi connectivity index (χ1v) is 10.2. The smallest absolute Gasteiger partial charge is 0.184 e. The third kappa shape index (κ3) is 4.14. The molecule has 1 aliphatic heterocycles. The molecule has 0 radical (unpaired) electrons. The van der Waals surface area contributed by atoms with E-state index < -0.39 is 36.3 Å². The number of aliphatic hydroxyl groups excluding tert-OH is 4. The van der Waals surface area contributed by atoms with Crippen LogP contribution in [0.2, 0.25) is 0 Å². The van der Waals surface area contributed by atoms with Gasteiger partial charge in [-0.3, -0.25) is 0 Å². The molecule has 3 aromatic carbocycles. The van der Waals surface area contributed by atoms with Gasteiger partial charge in [-0.05, 0) is 16.7 Å². The molecule has 1 heterocycles. The molecule has 162 valence electrons. The number of hydrogen-bond donors (Lipinski definition) is 4. The maximum absolute atomic E-state index is 10.4. The lowest BCUT2D eigenvalue weighted by molar-refractivity contribution is -0.291. The summed E-state index contributed by atoms with van der Waals surface area (Å²) in [5.74, 6) is 0. The Labute approximate surface area is 180 Å². The Bertz CT molecular complexity index is 853. The van der Waals surface area contributed by atoms with Crippen LogP contribution in [0.15, 0.2) is 91.0 Å². The zero-order valence-corrected chi connectivity index (χ0v) is 16.9. The molecule has 0 aromatic heterocycles. The molecule has 1 fully saturated rings. The Morgan fingerprint density at radius 2 is 1.03 bits per heavy atom. The van der Waals surface area contributed by atoms with Crippen molar-refractivity contribution in [3.63, 3.8) is 0 Å². The lowest BCUT2D eigenvalue weighted by atomic mass is 9.80. The van der Waals surface area contributed by atoms with Gasteiger partial charge in [0.25, 0.3) is 0 Å². The molecule has 0 saturated carbocycles. The highest BCUT2D eigenvalue weighted by molar-refractivity contribution is 5.47. The minimum atomic E-state index is -1.62. The van der Waals surface area contributed by atoms with Crippen LogP contribution in [-0.2, 0) is 15.1 Å². The molecule has 31 heavy (non-hydrogen) atoms. The average molecular weight is 422 g/mol. The fourth-order valence-electron chi connectivity index (χ4n) is 4.04. The van der Waals surface area contributed by atoms with Crippen LogP contribution in [0.1, 0.15) is 16.7 Å². The highest BCUT2D eigenvalue weighted by atomic mass is 16.6. The molecule has 0 aliphatic carbocycles. The van der Waals surface area contributed by atoms with Crippen molar-refractivity contribution in [2.24, 2.45) is 0 Å². The summed E-state index contributed by atoms with van der Waals surface area (Å²) in [5, 5.41) is 40.2. The van der Waals surface area contributed by atoms with Crippen molar-refractivity contribution in [3.05, 3.63) is 108 Å². The highest BCUT2D eigenvalue weighted by Crippen LogP contribution is 2.41. The predicted molar refractivity (Wildman–Crippen MR) is 114 cm³/mol. The van der Waals surface area contributed by atoms with E-state index in [0.29, 0.717) is 0 Å². The molecule has 5 atom stereocenters. The first kappa shape index (κ1) is 21.6. The predicted octanol–water partition coefficient (Wildman–Crippen LogP) is 1.79. The molecular weight excluding hydrogens is 396 g/mol. The molecular formula is C25H26O6. The molecule has 4 rings (SSSR count). The maximum Gasteiger partial charge on any atom is 0.184 e. The van der Waals surface area contributed by atoms with Gasteiger partial charge in [0.2, 0.25) is 0 Å². The van der Waals surface area contributed by atoms with Gasteiger partial charge in [-0.1, -0.05) is 91.0 Å². The van der Waals surface area contributed by atoms with E-state index >= 15 is 0 Å². The van der Waals surface area contributed by atoms with Crippen LogP contribution in [0, 0.1) is 0 Å². The molecule has 3 aromatic rings. The van der Waals surface area contributed by atoms with E-state index in [4.69, 9.17) is 9.47 Å². The summed E-state index contributed by atoms with van der Waals surface area (Å²) in [4.78, 5) is 0. The van der Waals surface area contributed by atoms with Gasteiger partial charge in [0.15, 0.2) is 6.29 Å². The van der Waals surface area contributed by atoms with E-state index in [1.54, 1.807) is 0 Å².